The van der Waals surface area contributed by atoms with Crippen LogP contribution in [0.5, 0.6) is 0 Å². The van der Waals surface area contributed by atoms with Gasteiger partial charge in [-0.1, -0.05) is 43.2 Å². The lowest BCUT2D eigenvalue weighted by Gasteiger charge is -2.34. The van der Waals surface area contributed by atoms with Crippen molar-refractivity contribution in [3.05, 3.63) is 35.9 Å². The molecule has 1 aliphatic carbocycles. The Balaban J connectivity index is 1.09. The van der Waals surface area contributed by atoms with Crippen molar-refractivity contribution in [2.45, 2.75) is 51.1 Å². The summed E-state index contributed by atoms with van der Waals surface area (Å²) in [6.45, 7) is 7.77. The topological polar surface area (TPSA) is 55.9 Å². The van der Waals surface area contributed by atoms with Gasteiger partial charge in [0.2, 0.25) is 11.8 Å². The van der Waals surface area contributed by atoms with Crippen molar-refractivity contribution in [1.82, 2.24) is 20.0 Å². The molecule has 0 bridgehead atoms. The Morgan fingerprint density at radius 1 is 1.00 bits per heavy atom. The summed E-state index contributed by atoms with van der Waals surface area (Å²) in [5, 5.41) is 3.08. The second-order valence-corrected chi connectivity index (χ2v) is 9.13. The SMILES string of the molecule is O=C(NCCCN1CCN(Cc2ccccc2)CC1)C1CC(=O)N(C2CCCC2)C1. The molecule has 2 aliphatic heterocycles. The van der Waals surface area contributed by atoms with E-state index in [0.29, 0.717) is 25.6 Å². The van der Waals surface area contributed by atoms with Gasteiger partial charge in [-0.3, -0.25) is 14.5 Å². The van der Waals surface area contributed by atoms with Gasteiger partial charge in [-0.25, -0.2) is 0 Å². The second kappa shape index (κ2) is 10.4. The van der Waals surface area contributed by atoms with Crippen LogP contribution in [0, 0.1) is 5.92 Å². The summed E-state index contributed by atoms with van der Waals surface area (Å²) < 4.78 is 0. The highest BCUT2D eigenvalue weighted by atomic mass is 16.2. The summed E-state index contributed by atoms with van der Waals surface area (Å²) in [5.74, 6) is 0.0894. The monoisotopic (exact) mass is 412 g/mol. The molecule has 1 aromatic rings. The summed E-state index contributed by atoms with van der Waals surface area (Å²) >= 11 is 0. The molecule has 1 N–H and O–H groups in total. The molecule has 6 nitrogen and oxygen atoms in total. The molecule has 164 valence electrons. The Labute approximate surface area is 180 Å². The van der Waals surface area contributed by atoms with Gasteiger partial charge in [-0.15, -0.1) is 0 Å². The minimum Gasteiger partial charge on any atom is -0.356 e. The number of hydrogen-bond donors (Lipinski definition) is 1. The molecule has 3 aliphatic rings. The van der Waals surface area contributed by atoms with E-state index < -0.39 is 0 Å². The lowest BCUT2D eigenvalue weighted by atomic mass is 10.1. The van der Waals surface area contributed by atoms with E-state index >= 15 is 0 Å². The maximum atomic E-state index is 12.5. The minimum atomic E-state index is -0.153. The fourth-order valence-corrected chi connectivity index (χ4v) is 5.15. The molecule has 0 aromatic heterocycles. The van der Waals surface area contributed by atoms with Crippen molar-refractivity contribution in [3.8, 4) is 0 Å². The number of rotatable bonds is 8. The minimum absolute atomic E-state index is 0.0662. The third kappa shape index (κ3) is 5.61. The van der Waals surface area contributed by atoms with Crippen molar-refractivity contribution < 1.29 is 9.59 Å². The lowest BCUT2D eigenvalue weighted by Crippen LogP contribution is -2.46. The van der Waals surface area contributed by atoms with Crippen molar-refractivity contribution in [2.75, 3.05) is 45.8 Å². The zero-order valence-corrected chi connectivity index (χ0v) is 18.1. The fourth-order valence-electron chi connectivity index (χ4n) is 5.15. The Bertz CT molecular complexity index is 696. The van der Waals surface area contributed by atoms with E-state index in [-0.39, 0.29) is 17.7 Å². The molecule has 0 radical (unpaired) electrons. The Kier molecular flexibility index (Phi) is 7.39. The molecule has 1 aromatic carbocycles. The average Bonchev–Trinajstić information content (AvgIpc) is 3.42. The van der Waals surface area contributed by atoms with Crippen LogP contribution in [0.15, 0.2) is 30.3 Å². The van der Waals surface area contributed by atoms with Crippen LogP contribution in [0.25, 0.3) is 0 Å². The van der Waals surface area contributed by atoms with Crippen LogP contribution >= 0.6 is 0 Å². The molecule has 6 heteroatoms. The number of benzene rings is 1. The van der Waals surface area contributed by atoms with E-state index in [2.05, 4.69) is 45.4 Å². The third-order valence-corrected chi connectivity index (χ3v) is 6.96. The fraction of sp³-hybridized carbons (Fsp3) is 0.667. The highest BCUT2D eigenvalue weighted by molar-refractivity contribution is 5.89. The molecular weight excluding hydrogens is 376 g/mol. The molecule has 2 saturated heterocycles. The first kappa shape index (κ1) is 21.3. The molecule has 30 heavy (non-hydrogen) atoms. The van der Waals surface area contributed by atoms with Crippen LogP contribution in [0.4, 0.5) is 0 Å². The van der Waals surface area contributed by atoms with Crippen LogP contribution in [0.2, 0.25) is 0 Å². The van der Waals surface area contributed by atoms with Crippen LogP contribution in [-0.4, -0.2) is 78.4 Å². The van der Waals surface area contributed by atoms with E-state index in [1.54, 1.807) is 0 Å². The molecule has 1 unspecified atom stereocenters. The lowest BCUT2D eigenvalue weighted by molar-refractivity contribution is -0.130. The Morgan fingerprint density at radius 3 is 2.43 bits per heavy atom. The van der Waals surface area contributed by atoms with Crippen molar-refractivity contribution in [3.63, 3.8) is 0 Å². The normalized spacial score (nSPS) is 23.9. The molecule has 1 atom stereocenters. The number of piperazine rings is 1. The van der Waals surface area contributed by atoms with Gasteiger partial charge in [0.05, 0.1) is 5.92 Å². The van der Waals surface area contributed by atoms with Gasteiger partial charge in [0.1, 0.15) is 0 Å². The molecule has 0 spiro atoms. The number of hydrogen-bond acceptors (Lipinski definition) is 4. The van der Waals surface area contributed by atoms with Crippen LogP contribution in [-0.2, 0) is 16.1 Å². The number of nitrogens with zero attached hydrogens (tertiary/aromatic N) is 3. The van der Waals surface area contributed by atoms with Gasteiger partial charge >= 0.3 is 0 Å². The smallest absolute Gasteiger partial charge is 0.225 e. The molecule has 2 heterocycles. The Morgan fingerprint density at radius 2 is 1.70 bits per heavy atom. The van der Waals surface area contributed by atoms with E-state index in [0.717, 1.165) is 58.5 Å². The highest BCUT2D eigenvalue weighted by Gasteiger charge is 2.38. The quantitative estimate of drug-likeness (QED) is 0.665. The van der Waals surface area contributed by atoms with E-state index in [4.69, 9.17) is 0 Å². The van der Waals surface area contributed by atoms with Gasteiger partial charge in [-0.05, 0) is 31.4 Å². The predicted octanol–water partition coefficient (Wildman–Crippen LogP) is 2.10. The van der Waals surface area contributed by atoms with Gasteiger partial charge in [0.25, 0.3) is 0 Å². The summed E-state index contributed by atoms with van der Waals surface area (Å²) in [6, 6.07) is 11.0. The van der Waals surface area contributed by atoms with Crippen molar-refractivity contribution in [1.29, 1.82) is 0 Å². The van der Waals surface area contributed by atoms with E-state index in [1.165, 1.54) is 18.4 Å². The molecule has 4 rings (SSSR count). The standard InChI is InChI=1S/C24H36N4O2/c29-23-17-21(19-28(23)22-9-4-5-10-22)24(30)25-11-6-12-26-13-15-27(16-14-26)18-20-7-2-1-3-8-20/h1-3,7-8,21-22H,4-6,9-19H2,(H,25,30). The zero-order valence-electron chi connectivity index (χ0n) is 18.1. The van der Waals surface area contributed by atoms with Crippen LogP contribution in [0.3, 0.4) is 0 Å². The molecule has 3 fully saturated rings. The van der Waals surface area contributed by atoms with Gasteiger partial charge in [-0.2, -0.15) is 0 Å². The molecular formula is C24H36N4O2. The maximum Gasteiger partial charge on any atom is 0.225 e. The van der Waals surface area contributed by atoms with Crippen molar-refractivity contribution in [2.24, 2.45) is 5.92 Å². The predicted molar refractivity (Wildman–Crippen MR) is 118 cm³/mol. The number of amides is 2. The number of nitrogens with one attached hydrogen (secondary N) is 1. The van der Waals surface area contributed by atoms with Gasteiger partial charge in [0, 0.05) is 58.3 Å². The third-order valence-electron chi connectivity index (χ3n) is 6.96. The van der Waals surface area contributed by atoms with Gasteiger partial charge < -0.3 is 15.1 Å². The molecule has 1 saturated carbocycles. The van der Waals surface area contributed by atoms with Crippen molar-refractivity contribution >= 4 is 11.8 Å². The molecule has 2 amide bonds. The highest BCUT2D eigenvalue weighted by Crippen LogP contribution is 2.29. The average molecular weight is 413 g/mol. The summed E-state index contributed by atoms with van der Waals surface area (Å²) in [4.78, 5) is 31.8. The van der Waals surface area contributed by atoms with Crippen LogP contribution in [0.1, 0.15) is 44.1 Å². The summed E-state index contributed by atoms with van der Waals surface area (Å²) in [5.41, 5.74) is 1.38. The first-order valence-electron chi connectivity index (χ1n) is 11.7. The Hall–Kier alpha value is -1.92. The van der Waals surface area contributed by atoms with E-state index in [9.17, 15) is 9.59 Å². The largest absolute Gasteiger partial charge is 0.356 e. The van der Waals surface area contributed by atoms with E-state index in [1.807, 2.05) is 4.90 Å². The summed E-state index contributed by atoms with van der Waals surface area (Å²) in [6.07, 6.45) is 6.01. The van der Waals surface area contributed by atoms with Gasteiger partial charge in [0.15, 0.2) is 0 Å². The number of likely N-dealkylation sites (tertiary alicyclic amines) is 1. The zero-order chi connectivity index (χ0) is 20.8. The summed E-state index contributed by atoms with van der Waals surface area (Å²) in [7, 11) is 0. The first-order valence-corrected chi connectivity index (χ1v) is 11.7. The number of carbonyl (C=O) groups is 2. The first-order chi connectivity index (χ1) is 14.7. The second-order valence-electron chi connectivity index (χ2n) is 9.13. The number of carbonyl (C=O) groups excluding carboxylic acids is 2. The maximum absolute atomic E-state index is 12.5. The van der Waals surface area contributed by atoms with Crippen LogP contribution < -0.4 is 5.32 Å².